The molecule has 0 saturated carbocycles. The maximum absolute atomic E-state index is 11.5. The number of fused-ring (bicyclic) bond motifs is 1. The van der Waals surface area contributed by atoms with Gasteiger partial charge >= 0.3 is 0 Å². The number of nitrogens with zero attached hydrogens (tertiary/aromatic N) is 2. The summed E-state index contributed by atoms with van der Waals surface area (Å²) in [6, 6.07) is 21.5. The average Bonchev–Trinajstić information content (AvgIpc) is 3.32. The number of H-pyrrole nitrogens is 1. The number of thioether (sulfide) groups is 1. The van der Waals surface area contributed by atoms with Gasteiger partial charge in [0.15, 0.2) is 0 Å². The summed E-state index contributed by atoms with van der Waals surface area (Å²) < 4.78 is 0.840. The number of hydrogen-bond acceptors (Lipinski definition) is 5. The van der Waals surface area contributed by atoms with Crippen LogP contribution in [0, 0.1) is 20.8 Å². The number of nitriles is 1. The fourth-order valence-corrected chi connectivity index (χ4v) is 5.08. The molecule has 0 aliphatic carbocycles. The van der Waals surface area contributed by atoms with Crippen molar-refractivity contribution in [2.45, 2.75) is 10.1 Å². The zero-order chi connectivity index (χ0) is 19.5. The van der Waals surface area contributed by atoms with Crippen molar-refractivity contribution in [3.63, 3.8) is 0 Å². The highest BCUT2D eigenvalue weighted by molar-refractivity contribution is 8.05. The molecular formula is C21H15N3O2S2. The molecule has 0 saturated heterocycles. The molecule has 4 rings (SSSR count). The Kier molecular flexibility index (Phi) is 5.15. The first-order valence-electron chi connectivity index (χ1n) is 8.61. The van der Waals surface area contributed by atoms with Crippen molar-refractivity contribution < 1.29 is 4.92 Å². The van der Waals surface area contributed by atoms with Gasteiger partial charge < -0.3 is 4.98 Å². The Hall–Kier alpha value is -3.08. The molecule has 0 amide bonds. The predicted octanol–water partition coefficient (Wildman–Crippen LogP) is 5.88. The minimum atomic E-state index is -0.403. The molecule has 0 radical (unpaired) electrons. The van der Waals surface area contributed by atoms with Crippen LogP contribution in [0.15, 0.2) is 70.9 Å². The Morgan fingerprint density at radius 1 is 1.11 bits per heavy atom. The maximum Gasteiger partial charge on any atom is 0.215 e. The number of thiophene rings is 1. The molecule has 0 fully saturated rings. The molecular weight excluding hydrogens is 390 g/mol. The molecule has 0 aliphatic rings. The molecule has 4 aromatic rings. The van der Waals surface area contributed by atoms with Crippen LogP contribution >= 0.6 is 23.1 Å². The molecule has 0 aliphatic heterocycles. The molecule has 5 nitrogen and oxygen atoms in total. The highest BCUT2D eigenvalue weighted by Gasteiger charge is 2.28. The van der Waals surface area contributed by atoms with Crippen molar-refractivity contribution in [1.82, 2.24) is 4.98 Å². The summed E-state index contributed by atoms with van der Waals surface area (Å²) in [5.74, 6) is -0.403. The number of aromatic amines is 1. The summed E-state index contributed by atoms with van der Waals surface area (Å²) >= 11 is 2.52. The summed E-state index contributed by atoms with van der Waals surface area (Å²) in [5, 5.41) is 23.5. The van der Waals surface area contributed by atoms with E-state index in [1.165, 1.54) is 11.3 Å². The number of thiocyanates is 1. The van der Waals surface area contributed by atoms with Crippen LogP contribution in [-0.2, 0) is 0 Å². The minimum absolute atomic E-state index is 0.209. The molecule has 1 atom stereocenters. The Morgan fingerprint density at radius 2 is 1.86 bits per heavy atom. The van der Waals surface area contributed by atoms with Gasteiger partial charge in [0.25, 0.3) is 0 Å². The third-order valence-corrected chi connectivity index (χ3v) is 6.50. The van der Waals surface area contributed by atoms with Crippen LogP contribution < -0.4 is 0 Å². The highest BCUT2D eigenvalue weighted by Crippen LogP contribution is 2.42. The SMILES string of the molecule is N#CSc1ccc(C(C[N+](=O)[O-])c2c(-c3ccccc3)[nH]c3ccccc23)s1. The normalized spacial score (nSPS) is 12.0. The van der Waals surface area contributed by atoms with Gasteiger partial charge in [0.1, 0.15) is 5.40 Å². The first kappa shape index (κ1) is 18.3. The molecule has 2 aromatic carbocycles. The zero-order valence-corrected chi connectivity index (χ0v) is 16.3. The number of para-hydroxylation sites is 1. The predicted molar refractivity (Wildman–Crippen MR) is 113 cm³/mol. The Balaban J connectivity index is 1.94. The van der Waals surface area contributed by atoms with Crippen LogP contribution in [0.25, 0.3) is 22.2 Å². The topological polar surface area (TPSA) is 82.7 Å². The lowest BCUT2D eigenvalue weighted by atomic mass is 9.92. The van der Waals surface area contributed by atoms with E-state index in [0.717, 1.165) is 48.6 Å². The third-order valence-electron chi connectivity index (χ3n) is 4.58. The molecule has 28 heavy (non-hydrogen) atoms. The van der Waals surface area contributed by atoms with Crippen molar-refractivity contribution >= 4 is 34.0 Å². The Bertz CT molecular complexity index is 1180. The highest BCUT2D eigenvalue weighted by atomic mass is 32.2. The summed E-state index contributed by atoms with van der Waals surface area (Å²) in [7, 11) is 0. The van der Waals surface area contributed by atoms with E-state index < -0.39 is 5.92 Å². The van der Waals surface area contributed by atoms with Crippen molar-refractivity contribution in [3.05, 3.63) is 87.3 Å². The van der Waals surface area contributed by atoms with Crippen molar-refractivity contribution in [3.8, 4) is 16.7 Å². The van der Waals surface area contributed by atoms with Crippen LogP contribution in [0.3, 0.4) is 0 Å². The molecule has 2 heterocycles. The van der Waals surface area contributed by atoms with E-state index in [1.807, 2.05) is 66.7 Å². The van der Waals surface area contributed by atoms with E-state index in [0.29, 0.717) is 0 Å². The fourth-order valence-electron chi connectivity index (χ4n) is 3.45. The van der Waals surface area contributed by atoms with Crippen LogP contribution in [0.2, 0.25) is 0 Å². The summed E-state index contributed by atoms with van der Waals surface area (Å²) in [4.78, 5) is 15.6. The van der Waals surface area contributed by atoms with E-state index in [2.05, 4.69) is 10.4 Å². The lowest BCUT2D eigenvalue weighted by Gasteiger charge is -2.14. The van der Waals surface area contributed by atoms with E-state index in [-0.39, 0.29) is 11.5 Å². The van der Waals surface area contributed by atoms with Gasteiger partial charge in [-0.3, -0.25) is 10.1 Å². The standard InChI is InChI=1S/C21H15N3O2S2/c22-13-27-19-11-10-18(28-19)16(12-24(25)26)20-15-8-4-5-9-17(15)23-21(20)14-6-2-1-3-7-14/h1-11,16,23H,12H2. The van der Waals surface area contributed by atoms with Crippen LogP contribution in [0.1, 0.15) is 16.4 Å². The molecule has 0 bridgehead atoms. The summed E-state index contributed by atoms with van der Waals surface area (Å²) in [6.07, 6.45) is 0. The lowest BCUT2D eigenvalue weighted by Crippen LogP contribution is -2.13. The number of rotatable bonds is 6. The molecule has 2 aromatic heterocycles. The maximum atomic E-state index is 11.5. The second-order valence-corrected chi connectivity index (χ2v) is 8.44. The number of nitro groups is 1. The number of hydrogen-bond donors (Lipinski definition) is 1. The van der Waals surface area contributed by atoms with Crippen LogP contribution in [0.4, 0.5) is 0 Å². The second-order valence-electron chi connectivity index (χ2n) is 6.24. The quantitative estimate of drug-likeness (QED) is 0.188. The van der Waals surface area contributed by atoms with Gasteiger partial charge in [0.05, 0.1) is 15.8 Å². The number of benzene rings is 2. The molecule has 1 unspecified atom stereocenters. The fraction of sp³-hybridized carbons (Fsp3) is 0.0952. The van der Waals surface area contributed by atoms with Gasteiger partial charge in [-0.1, -0.05) is 48.5 Å². The van der Waals surface area contributed by atoms with E-state index in [9.17, 15) is 10.1 Å². The summed E-state index contributed by atoms with van der Waals surface area (Å²) in [5.41, 5.74) is 3.77. The van der Waals surface area contributed by atoms with Crippen molar-refractivity contribution in [1.29, 1.82) is 5.26 Å². The van der Waals surface area contributed by atoms with Crippen LogP contribution in [0.5, 0.6) is 0 Å². The number of aromatic nitrogens is 1. The molecule has 1 N–H and O–H groups in total. The lowest BCUT2D eigenvalue weighted by molar-refractivity contribution is -0.481. The van der Waals surface area contributed by atoms with Crippen molar-refractivity contribution in [2.24, 2.45) is 0 Å². The zero-order valence-electron chi connectivity index (χ0n) is 14.7. The molecule has 7 heteroatoms. The smallest absolute Gasteiger partial charge is 0.215 e. The summed E-state index contributed by atoms with van der Waals surface area (Å²) in [6.45, 7) is -0.209. The van der Waals surface area contributed by atoms with Crippen LogP contribution in [-0.4, -0.2) is 16.5 Å². The first-order chi connectivity index (χ1) is 13.7. The van der Waals surface area contributed by atoms with Gasteiger partial charge in [-0.15, -0.1) is 11.3 Å². The van der Waals surface area contributed by atoms with Gasteiger partial charge in [0, 0.05) is 38.0 Å². The average molecular weight is 406 g/mol. The van der Waals surface area contributed by atoms with E-state index in [4.69, 9.17) is 5.26 Å². The van der Waals surface area contributed by atoms with Crippen molar-refractivity contribution in [2.75, 3.05) is 6.54 Å². The Morgan fingerprint density at radius 3 is 2.61 bits per heavy atom. The van der Waals surface area contributed by atoms with E-state index >= 15 is 0 Å². The first-order valence-corrected chi connectivity index (χ1v) is 10.2. The number of nitrogens with one attached hydrogen (secondary N) is 1. The van der Waals surface area contributed by atoms with Gasteiger partial charge in [0.2, 0.25) is 6.54 Å². The van der Waals surface area contributed by atoms with Gasteiger partial charge in [-0.25, -0.2) is 0 Å². The Labute approximate surface area is 169 Å². The molecule has 0 spiro atoms. The van der Waals surface area contributed by atoms with Gasteiger partial charge in [-0.05, 0) is 23.8 Å². The third kappa shape index (κ3) is 3.52. The van der Waals surface area contributed by atoms with Gasteiger partial charge in [-0.2, -0.15) is 5.26 Å². The minimum Gasteiger partial charge on any atom is -0.354 e. The monoisotopic (exact) mass is 405 g/mol. The molecule has 138 valence electrons. The van der Waals surface area contributed by atoms with E-state index in [1.54, 1.807) is 0 Å². The second kappa shape index (κ2) is 7.89. The largest absolute Gasteiger partial charge is 0.354 e.